The number of esters is 4. The number of rotatable bonds is 8. The third-order valence-corrected chi connectivity index (χ3v) is 4.32. The number of aromatic nitrogens is 1. The molecule has 174 valence electrons. The van der Waals surface area contributed by atoms with Gasteiger partial charge in [-0.25, -0.2) is 24.2 Å². The number of hydrogen-bond acceptors (Lipinski definition) is 9. The zero-order chi connectivity index (χ0) is 24.5. The minimum absolute atomic E-state index is 0.110. The summed E-state index contributed by atoms with van der Waals surface area (Å²) in [5.41, 5.74) is 0.419. The Morgan fingerprint density at radius 1 is 0.588 bits per heavy atom. The van der Waals surface area contributed by atoms with Crippen LogP contribution in [0.25, 0.3) is 0 Å². The van der Waals surface area contributed by atoms with Gasteiger partial charge in [-0.15, -0.1) is 0 Å². The van der Waals surface area contributed by atoms with Gasteiger partial charge in [-0.3, -0.25) is 0 Å². The molecule has 0 bridgehead atoms. The number of carbonyl (C=O) groups excluding carboxylic acids is 4. The van der Waals surface area contributed by atoms with Gasteiger partial charge < -0.3 is 18.9 Å². The molecule has 0 aliphatic carbocycles. The van der Waals surface area contributed by atoms with Crippen LogP contribution in [-0.2, 0) is 9.47 Å². The predicted molar refractivity (Wildman–Crippen MR) is 119 cm³/mol. The highest BCUT2D eigenvalue weighted by Gasteiger charge is 2.17. The van der Waals surface area contributed by atoms with E-state index in [0.717, 1.165) is 0 Å². The molecular weight excluding hydrogens is 442 g/mol. The van der Waals surface area contributed by atoms with Crippen LogP contribution in [0.4, 0.5) is 0 Å². The molecule has 0 unspecified atom stereocenters. The Balaban J connectivity index is 1.64. The van der Waals surface area contributed by atoms with Gasteiger partial charge in [0.1, 0.15) is 22.9 Å². The third kappa shape index (κ3) is 6.26. The molecule has 0 N–H and O–H groups in total. The van der Waals surface area contributed by atoms with E-state index in [-0.39, 0.29) is 36.1 Å². The first kappa shape index (κ1) is 24.1. The van der Waals surface area contributed by atoms with E-state index in [1.165, 1.54) is 66.7 Å². The topological polar surface area (TPSA) is 118 Å². The monoisotopic (exact) mass is 463 g/mol. The Morgan fingerprint density at radius 3 is 1.32 bits per heavy atom. The van der Waals surface area contributed by atoms with Crippen LogP contribution < -0.4 is 9.47 Å². The molecule has 1 heterocycles. The van der Waals surface area contributed by atoms with Crippen LogP contribution >= 0.6 is 0 Å². The van der Waals surface area contributed by atoms with E-state index in [1.54, 1.807) is 13.8 Å². The average Bonchev–Trinajstić information content (AvgIpc) is 2.85. The van der Waals surface area contributed by atoms with E-state index in [4.69, 9.17) is 18.9 Å². The smallest absolute Gasteiger partial charge is 0.362 e. The van der Waals surface area contributed by atoms with Crippen LogP contribution in [0, 0.1) is 0 Å². The van der Waals surface area contributed by atoms with Crippen molar-refractivity contribution in [1.29, 1.82) is 0 Å². The molecule has 9 nitrogen and oxygen atoms in total. The summed E-state index contributed by atoms with van der Waals surface area (Å²) >= 11 is 0. The maximum Gasteiger partial charge on any atom is 0.362 e. The molecule has 0 saturated heterocycles. The van der Waals surface area contributed by atoms with Crippen LogP contribution in [0.15, 0.2) is 66.7 Å². The molecule has 3 aromatic rings. The summed E-state index contributed by atoms with van der Waals surface area (Å²) < 4.78 is 20.3. The molecule has 34 heavy (non-hydrogen) atoms. The third-order valence-electron chi connectivity index (χ3n) is 4.32. The van der Waals surface area contributed by atoms with Crippen LogP contribution in [0.3, 0.4) is 0 Å². The second kappa shape index (κ2) is 11.4. The summed E-state index contributed by atoms with van der Waals surface area (Å²) in [6, 6.07) is 15.9. The number of benzene rings is 2. The van der Waals surface area contributed by atoms with Gasteiger partial charge in [-0.2, -0.15) is 0 Å². The summed E-state index contributed by atoms with van der Waals surface area (Å²) in [7, 11) is 0. The molecule has 0 radical (unpaired) electrons. The lowest BCUT2D eigenvalue weighted by Crippen LogP contribution is -2.16. The van der Waals surface area contributed by atoms with Crippen molar-refractivity contribution in [2.45, 2.75) is 13.8 Å². The van der Waals surface area contributed by atoms with E-state index in [9.17, 15) is 19.2 Å². The average molecular weight is 463 g/mol. The van der Waals surface area contributed by atoms with Crippen molar-refractivity contribution in [3.8, 4) is 11.5 Å². The van der Waals surface area contributed by atoms with Crippen LogP contribution in [0.2, 0.25) is 0 Å². The molecule has 0 aliphatic heterocycles. The fourth-order valence-electron chi connectivity index (χ4n) is 2.73. The zero-order valence-corrected chi connectivity index (χ0v) is 18.5. The van der Waals surface area contributed by atoms with Gasteiger partial charge in [-0.05, 0) is 74.5 Å². The number of carbonyl (C=O) groups is 4. The Morgan fingerprint density at radius 2 is 0.971 bits per heavy atom. The molecule has 3 rings (SSSR count). The fraction of sp³-hybridized carbons (Fsp3) is 0.160. The normalized spacial score (nSPS) is 10.2. The number of ether oxygens (including phenoxy) is 4. The van der Waals surface area contributed by atoms with E-state index in [2.05, 4.69) is 4.98 Å². The Kier molecular flexibility index (Phi) is 8.07. The van der Waals surface area contributed by atoms with E-state index < -0.39 is 23.9 Å². The minimum Gasteiger partial charge on any atom is -0.462 e. The highest BCUT2D eigenvalue weighted by Crippen LogP contribution is 2.17. The van der Waals surface area contributed by atoms with Crippen molar-refractivity contribution < 1.29 is 38.1 Å². The minimum atomic E-state index is -0.794. The molecule has 1 aromatic heterocycles. The van der Waals surface area contributed by atoms with Crippen molar-refractivity contribution in [2.75, 3.05) is 13.2 Å². The molecule has 0 saturated carbocycles. The summed E-state index contributed by atoms with van der Waals surface area (Å²) in [5, 5.41) is 0. The first-order valence-electron chi connectivity index (χ1n) is 10.4. The molecule has 0 atom stereocenters. The Bertz CT molecular complexity index is 1100. The quantitative estimate of drug-likeness (QED) is 0.362. The van der Waals surface area contributed by atoms with E-state index >= 15 is 0 Å². The number of hydrogen-bond donors (Lipinski definition) is 0. The van der Waals surface area contributed by atoms with E-state index in [1.807, 2.05) is 0 Å². The predicted octanol–water partition coefficient (Wildman–Crippen LogP) is 3.87. The van der Waals surface area contributed by atoms with Gasteiger partial charge in [0.2, 0.25) is 0 Å². The van der Waals surface area contributed by atoms with Crippen molar-refractivity contribution in [1.82, 2.24) is 4.98 Å². The summed E-state index contributed by atoms with van der Waals surface area (Å²) in [6.07, 6.45) is 0. The zero-order valence-electron chi connectivity index (χ0n) is 18.5. The largest absolute Gasteiger partial charge is 0.462 e. The maximum atomic E-state index is 12.5. The summed E-state index contributed by atoms with van der Waals surface area (Å²) in [4.78, 5) is 52.3. The lowest BCUT2D eigenvalue weighted by molar-refractivity contribution is 0.0516. The van der Waals surface area contributed by atoms with Gasteiger partial charge in [0.25, 0.3) is 0 Å². The van der Waals surface area contributed by atoms with Crippen molar-refractivity contribution in [3.63, 3.8) is 0 Å². The first-order valence-corrected chi connectivity index (χ1v) is 10.4. The number of nitrogens with zero attached hydrogens (tertiary/aromatic N) is 1. The van der Waals surface area contributed by atoms with Crippen molar-refractivity contribution in [3.05, 3.63) is 89.2 Å². The van der Waals surface area contributed by atoms with Gasteiger partial charge in [-0.1, -0.05) is 6.07 Å². The SMILES string of the molecule is CCOC(=O)c1ccc(OC(=O)c2cccc(C(=O)Oc3ccc(C(=O)OCC)cc3)n2)cc1. The second-order valence-corrected chi connectivity index (χ2v) is 6.68. The van der Waals surface area contributed by atoms with Crippen LogP contribution in [0.1, 0.15) is 55.5 Å². The highest BCUT2D eigenvalue weighted by molar-refractivity contribution is 5.94. The van der Waals surface area contributed by atoms with Gasteiger partial charge >= 0.3 is 23.9 Å². The first-order chi connectivity index (χ1) is 16.4. The molecule has 2 aromatic carbocycles. The lowest BCUT2D eigenvalue weighted by Gasteiger charge is -2.07. The maximum absolute atomic E-state index is 12.5. The molecule has 0 fully saturated rings. The van der Waals surface area contributed by atoms with Crippen LogP contribution in [-0.4, -0.2) is 42.1 Å². The van der Waals surface area contributed by atoms with Crippen LogP contribution in [0.5, 0.6) is 11.5 Å². The van der Waals surface area contributed by atoms with Gasteiger partial charge in [0, 0.05) is 0 Å². The van der Waals surface area contributed by atoms with Crippen molar-refractivity contribution in [2.24, 2.45) is 0 Å². The Labute approximate surface area is 195 Å². The standard InChI is InChI=1S/C25H21NO8/c1-3-31-22(27)16-8-12-18(13-9-16)33-24(29)20-6-5-7-21(26-20)25(30)34-19-14-10-17(11-15-19)23(28)32-4-2/h5-15H,3-4H2,1-2H3. The van der Waals surface area contributed by atoms with Crippen molar-refractivity contribution >= 4 is 23.9 Å². The van der Waals surface area contributed by atoms with E-state index in [0.29, 0.717) is 11.1 Å². The lowest BCUT2D eigenvalue weighted by atomic mass is 10.2. The van der Waals surface area contributed by atoms with Gasteiger partial charge in [0.05, 0.1) is 24.3 Å². The summed E-state index contributed by atoms with van der Waals surface area (Å²) in [5.74, 6) is -2.17. The molecular formula is C25H21NO8. The molecule has 0 spiro atoms. The molecule has 9 heteroatoms. The molecule has 0 amide bonds. The Hall–Kier alpha value is -4.53. The fourth-order valence-corrected chi connectivity index (χ4v) is 2.73. The molecule has 0 aliphatic rings. The summed E-state index contributed by atoms with van der Waals surface area (Å²) in [6.45, 7) is 3.90. The highest BCUT2D eigenvalue weighted by atomic mass is 16.5. The van der Waals surface area contributed by atoms with Gasteiger partial charge in [0.15, 0.2) is 0 Å². The second-order valence-electron chi connectivity index (χ2n) is 6.68. The number of pyridine rings is 1.